The summed E-state index contributed by atoms with van der Waals surface area (Å²) in [6.07, 6.45) is 1.71. The molecule has 0 radical (unpaired) electrons. The van der Waals surface area contributed by atoms with Gasteiger partial charge in [-0.2, -0.15) is 0 Å². The molecule has 30 heavy (non-hydrogen) atoms. The predicted octanol–water partition coefficient (Wildman–Crippen LogP) is 5.32. The third-order valence-electron chi connectivity index (χ3n) is 4.49. The molecule has 2 heterocycles. The van der Waals surface area contributed by atoms with Gasteiger partial charge in [-0.3, -0.25) is 14.7 Å². The van der Waals surface area contributed by atoms with Gasteiger partial charge in [0.1, 0.15) is 0 Å². The zero-order valence-corrected chi connectivity index (χ0v) is 18.7. The summed E-state index contributed by atoms with van der Waals surface area (Å²) in [5.74, 6) is 0.865. The number of thiazole rings is 1. The van der Waals surface area contributed by atoms with E-state index in [1.165, 1.54) is 11.3 Å². The number of hydrogen-bond acceptors (Lipinski definition) is 6. The van der Waals surface area contributed by atoms with Crippen molar-refractivity contribution in [2.45, 2.75) is 6.54 Å². The number of nitrogens with zero attached hydrogens (tertiary/aromatic N) is 3. The molecule has 6 nitrogen and oxygen atoms in total. The van der Waals surface area contributed by atoms with Crippen molar-refractivity contribution in [3.8, 4) is 11.5 Å². The number of benzene rings is 2. The Morgan fingerprint density at radius 3 is 2.63 bits per heavy atom. The topological polar surface area (TPSA) is 64.5 Å². The van der Waals surface area contributed by atoms with E-state index in [9.17, 15) is 4.79 Å². The lowest BCUT2D eigenvalue weighted by Crippen LogP contribution is -2.30. The minimum absolute atomic E-state index is 0.195. The molecular weight excluding hydrogens is 466 g/mol. The number of carbonyl (C=O) groups excluding carboxylic acids is 1. The first-order valence-electron chi connectivity index (χ1n) is 9.09. The molecule has 0 saturated carbocycles. The van der Waals surface area contributed by atoms with Gasteiger partial charge in [-0.25, -0.2) is 4.98 Å². The highest BCUT2D eigenvalue weighted by atomic mass is 79.9. The minimum atomic E-state index is -0.195. The average Bonchev–Trinajstić information content (AvgIpc) is 3.20. The first-order valence-corrected chi connectivity index (χ1v) is 10.7. The number of pyridine rings is 1. The Hall–Kier alpha value is -2.97. The lowest BCUT2D eigenvalue weighted by atomic mass is 10.1. The van der Waals surface area contributed by atoms with E-state index < -0.39 is 0 Å². The summed E-state index contributed by atoms with van der Waals surface area (Å²) in [5.41, 5.74) is 2.08. The van der Waals surface area contributed by atoms with Crippen LogP contribution in [0, 0.1) is 0 Å². The minimum Gasteiger partial charge on any atom is -0.493 e. The number of fused-ring (bicyclic) bond motifs is 1. The molecule has 0 aliphatic rings. The van der Waals surface area contributed by atoms with Crippen molar-refractivity contribution < 1.29 is 14.3 Å². The van der Waals surface area contributed by atoms with Gasteiger partial charge >= 0.3 is 0 Å². The molecule has 1 amide bonds. The van der Waals surface area contributed by atoms with Crippen LogP contribution in [0.15, 0.2) is 65.3 Å². The van der Waals surface area contributed by atoms with Crippen LogP contribution < -0.4 is 14.4 Å². The number of aromatic nitrogens is 2. The summed E-state index contributed by atoms with van der Waals surface area (Å²) in [4.78, 5) is 24.2. The van der Waals surface area contributed by atoms with E-state index in [-0.39, 0.29) is 5.91 Å². The lowest BCUT2D eigenvalue weighted by molar-refractivity contribution is 0.0984. The highest BCUT2D eigenvalue weighted by Gasteiger charge is 2.23. The van der Waals surface area contributed by atoms with Crippen molar-refractivity contribution in [1.29, 1.82) is 0 Å². The van der Waals surface area contributed by atoms with Crippen LogP contribution in [0.5, 0.6) is 11.5 Å². The summed E-state index contributed by atoms with van der Waals surface area (Å²) in [6, 6.07) is 16.6. The average molecular weight is 484 g/mol. The second kappa shape index (κ2) is 8.81. The summed E-state index contributed by atoms with van der Waals surface area (Å²) >= 11 is 4.95. The predicted molar refractivity (Wildman–Crippen MR) is 122 cm³/mol. The standard InChI is InChI=1S/C22H18BrN3O3S/c1-28-18-9-6-14(11-19(18)29-2)21(27)26(13-16-5-3-4-10-24-16)22-25-17-8-7-15(23)12-20(17)30-22/h3-12H,13H2,1-2H3. The van der Waals surface area contributed by atoms with Gasteiger partial charge in [-0.15, -0.1) is 0 Å². The second-order valence-corrected chi connectivity index (χ2v) is 8.32. The molecule has 4 rings (SSSR count). The van der Waals surface area contributed by atoms with Crippen LogP contribution in [0.25, 0.3) is 10.2 Å². The van der Waals surface area contributed by atoms with Crippen molar-refractivity contribution in [2.24, 2.45) is 0 Å². The van der Waals surface area contributed by atoms with Gasteiger partial charge < -0.3 is 9.47 Å². The van der Waals surface area contributed by atoms with Gasteiger partial charge in [-0.1, -0.05) is 33.3 Å². The molecule has 0 saturated heterocycles. The van der Waals surface area contributed by atoms with Crippen LogP contribution in [0.2, 0.25) is 0 Å². The number of ether oxygens (including phenoxy) is 2. The first kappa shape index (κ1) is 20.3. The molecular formula is C22H18BrN3O3S. The Morgan fingerprint density at radius 1 is 1.07 bits per heavy atom. The van der Waals surface area contributed by atoms with E-state index in [0.717, 1.165) is 20.4 Å². The monoisotopic (exact) mass is 483 g/mol. The third kappa shape index (κ3) is 4.15. The summed E-state index contributed by atoms with van der Waals surface area (Å²) in [7, 11) is 3.11. The maximum absolute atomic E-state index is 13.5. The van der Waals surface area contributed by atoms with Crippen LogP contribution >= 0.6 is 27.3 Å². The highest BCUT2D eigenvalue weighted by Crippen LogP contribution is 2.34. The maximum atomic E-state index is 13.5. The van der Waals surface area contributed by atoms with Gasteiger partial charge in [-0.05, 0) is 48.5 Å². The number of rotatable bonds is 6. The van der Waals surface area contributed by atoms with Gasteiger partial charge in [0.15, 0.2) is 16.6 Å². The van der Waals surface area contributed by atoms with Crippen molar-refractivity contribution >= 4 is 48.5 Å². The van der Waals surface area contributed by atoms with Crippen LogP contribution in [0.4, 0.5) is 5.13 Å². The fraction of sp³-hybridized carbons (Fsp3) is 0.136. The molecule has 2 aromatic heterocycles. The van der Waals surface area contributed by atoms with Crippen LogP contribution in [0.3, 0.4) is 0 Å². The Labute approximate surface area is 186 Å². The number of amides is 1. The molecule has 0 atom stereocenters. The van der Waals surface area contributed by atoms with Gasteiger partial charge in [0.2, 0.25) is 0 Å². The van der Waals surface area contributed by atoms with E-state index in [0.29, 0.717) is 28.7 Å². The van der Waals surface area contributed by atoms with Crippen LogP contribution in [-0.2, 0) is 6.54 Å². The molecule has 0 N–H and O–H groups in total. The van der Waals surface area contributed by atoms with Crippen molar-refractivity contribution in [2.75, 3.05) is 19.1 Å². The molecule has 0 aliphatic heterocycles. The number of hydrogen-bond donors (Lipinski definition) is 0. The molecule has 0 aliphatic carbocycles. The Balaban J connectivity index is 1.77. The maximum Gasteiger partial charge on any atom is 0.260 e. The van der Waals surface area contributed by atoms with E-state index in [2.05, 4.69) is 20.9 Å². The Kier molecular flexibility index (Phi) is 5.96. The molecule has 152 valence electrons. The molecule has 8 heteroatoms. The number of carbonyl (C=O) groups is 1. The molecule has 0 fully saturated rings. The molecule has 0 spiro atoms. The smallest absolute Gasteiger partial charge is 0.260 e. The normalized spacial score (nSPS) is 10.8. The van der Waals surface area contributed by atoms with Crippen molar-refractivity contribution in [3.63, 3.8) is 0 Å². The first-order chi connectivity index (χ1) is 14.6. The highest BCUT2D eigenvalue weighted by molar-refractivity contribution is 9.10. The quantitative estimate of drug-likeness (QED) is 0.371. The second-order valence-electron chi connectivity index (χ2n) is 6.39. The summed E-state index contributed by atoms with van der Waals surface area (Å²) in [5, 5.41) is 0.605. The third-order valence-corrected chi connectivity index (χ3v) is 6.03. The van der Waals surface area contributed by atoms with Crippen molar-refractivity contribution in [3.05, 3.63) is 76.5 Å². The Morgan fingerprint density at radius 2 is 1.90 bits per heavy atom. The van der Waals surface area contributed by atoms with Crippen LogP contribution in [0.1, 0.15) is 16.1 Å². The van der Waals surface area contributed by atoms with Gasteiger partial charge in [0, 0.05) is 16.2 Å². The van der Waals surface area contributed by atoms with Gasteiger partial charge in [0.25, 0.3) is 5.91 Å². The summed E-state index contributed by atoms with van der Waals surface area (Å²) < 4.78 is 12.6. The molecule has 2 aromatic carbocycles. The number of anilines is 1. The van der Waals surface area contributed by atoms with Crippen molar-refractivity contribution in [1.82, 2.24) is 9.97 Å². The van der Waals surface area contributed by atoms with E-state index in [1.54, 1.807) is 43.5 Å². The fourth-order valence-electron chi connectivity index (χ4n) is 3.01. The zero-order chi connectivity index (χ0) is 21.1. The Bertz CT molecular complexity index is 1200. The number of methoxy groups -OCH3 is 2. The molecule has 4 aromatic rings. The lowest BCUT2D eigenvalue weighted by Gasteiger charge is -2.20. The van der Waals surface area contributed by atoms with E-state index >= 15 is 0 Å². The molecule has 0 bridgehead atoms. The summed E-state index contributed by atoms with van der Waals surface area (Å²) in [6.45, 7) is 0.301. The van der Waals surface area contributed by atoms with Crippen LogP contribution in [-0.4, -0.2) is 30.1 Å². The molecule has 0 unspecified atom stereocenters. The fourth-order valence-corrected chi connectivity index (χ4v) is 4.52. The largest absolute Gasteiger partial charge is 0.493 e. The van der Waals surface area contributed by atoms with Gasteiger partial charge in [0.05, 0.1) is 36.7 Å². The number of halogens is 1. The van der Waals surface area contributed by atoms with E-state index in [4.69, 9.17) is 14.5 Å². The van der Waals surface area contributed by atoms with E-state index in [1.807, 2.05) is 36.4 Å². The SMILES string of the molecule is COc1ccc(C(=O)N(Cc2ccccn2)c2nc3ccc(Br)cc3s2)cc1OC. The zero-order valence-electron chi connectivity index (χ0n) is 16.3.